The molecule has 0 bridgehead atoms. The second-order valence-electron chi connectivity index (χ2n) is 5.76. The van der Waals surface area contributed by atoms with Crippen molar-refractivity contribution in [2.75, 3.05) is 0 Å². The molecule has 1 aromatic heterocycles. The first-order chi connectivity index (χ1) is 9.57. The predicted molar refractivity (Wildman–Crippen MR) is 84.5 cm³/mol. The summed E-state index contributed by atoms with van der Waals surface area (Å²) in [4.78, 5) is 4.46. The van der Waals surface area contributed by atoms with Crippen LogP contribution in [-0.2, 0) is 0 Å². The number of hydrogen-bond acceptors (Lipinski definition) is 1. The van der Waals surface area contributed by atoms with E-state index in [-0.39, 0.29) is 5.41 Å². The Labute approximate surface area is 124 Å². The van der Waals surface area contributed by atoms with Gasteiger partial charge < -0.3 is 4.57 Å². The van der Waals surface area contributed by atoms with Crippen molar-refractivity contribution >= 4 is 17.3 Å². The number of hydrogen-bond donors (Lipinski definition) is 0. The molecule has 0 fully saturated rings. The minimum atomic E-state index is 0.231. The van der Waals surface area contributed by atoms with E-state index in [1.54, 1.807) is 0 Å². The van der Waals surface area contributed by atoms with Crippen LogP contribution in [0.5, 0.6) is 0 Å². The molecule has 0 spiro atoms. The van der Waals surface area contributed by atoms with Crippen molar-refractivity contribution in [2.45, 2.75) is 20.3 Å². The van der Waals surface area contributed by atoms with Crippen LogP contribution in [0, 0.1) is 5.41 Å². The van der Waals surface area contributed by atoms with Gasteiger partial charge in [0.05, 0.1) is 5.02 Å². The molecule has 3 rings (SSSR count). The highest BCUT2D eigenvalue weighted by molar-refractivity contribution is 6.33. The third-order valence-corrected chi connectivity index (χ3v) is 3.91. The van der Waals surface area contributed by atoms with Crippen LogP contribution < -0.4 is 0 Å². The number of nitrogens with zero attached hydrogens (tertiary/aromatic N) is 2. The molecule has 0 saturated carbocycles. The van der Waals surface area contributed by atoms with E-state index in [4.69, 9.17) is 11.6 Å². The molecule has 3 heteroatoms. The Morgan fingerprint density at radius 1 is 1.25 bits per heavy atom. The normalized spacial score (nSPS) is 17.1. The van der Waals surface area contributed by atoms with Gasteiger partial charge in [0.1, 0.15) is 5.82 Å². The Hall–Kier alpha value is -1.80. The SMILES string of the molecule is CC1(C)C=CC(n2ccnc2-c2ccccc2Cl)=CC1. The zero-order valence-corrected chi connectivity index (χ0v) is 12.4. The molecule has 0 unspecified atom stereocenters. The van der Waals surface area contributed by atoms with Crippen LogP contribution in [0.1, 0.15) is 20.3 Å². The molecule has 20 heavy (non-hydrogen) atoms. The van der Waals surface area contributed by atoms with Crippen molar-refractivity contribution < 1.29 is 0 Å². The molecule has 0 atom stereocenters. The molecule has 0 saturated heterocycles. The lowest BCUT2D eigenvalue weighted by molar-refractivity contribution is 0.484. The van der Waals surface area contributed by atoms with Gasteiger partial charge in [-0.25, -0.2) is 4.98 Å². The van der Waals surface area contributed by atoms with Gasteiger partial charge >= 0.3 is 0 Å². The van der Waals surface area contributed by atoms with E-state index in [2.05, 4.69) is 41.6 Å². The minimum Gasteiger partial charge on any atom is -0.300 e. The number of rotatable bonds is 2. The summed E-state index contributed by atoms with van der Waals surface area (Å²) < 4.78 is 2.09. The van der Waals surface area contributed by atoms with Gasteiger partial charge in [-0.05, 0) is 30.0 Å². The summed E-state index contributed by atoms with van der Waals surface area (Å²) in [5.41, 5.74) is 2.34. The molecule has 102 valence electrons. The number of allylic oxidation sites excluding steroid dienone is 4. The molecule has 1 heterocycles. The van der Waals surface area contributed by atoms with Gasteiger partial charge in [0.2, 0.25) is 0 Å². The molecule has 2 nitrogen and oxygen atoms in total. The van der Waals surface area contributed by atoms with Gasteiger partial charge in [-0.1, -0.05) is 49.7 Å². The van der Waals surface area contributed by atoms with Crippen molar-refractivity contribution in [1.29, 1.82) is 0 Å². The first kappa shape index (κ1) is 13.2. The van der Waals surface area contributed by atoms with Gasteiger partial charge in [0.25, 0.3) is 0 Å². The van der Waals surface area contributed by atoms with Gasteiger partial charge in [-0.2, -0.15) is 0 Å². The van der Waals surface area contributed by atoms with E-state index in [1.165, 1.54) is 0 Å². The van der Waals surface area contributed by atoms with Crippen molar-refractivity contribution in [1.82, 2.24) is 9.55 Å². The van der Waals surface area contributed by atoms with Crippen LogP contribution in [0.15, 0.2) is 54.9 Å². The van der Waals surface area contributed by atoms with Crippen molar-refractivity contribution in [2.24, 2.45) is 5.41 Å². The van der Waals surface area contributed by atoms with Crippen LogP contribution in [0.4, 0.5) is 0 Å². The predicted octanol–water partition coefficient (Wildman–Crippen LogP) is 5.03. The maximum absolute atomic E-state index is 6.28. The molecule has 1 aliphatic carbocycles. The van der Waals surface area contributed by atoms with Gasteiger partial charge in [-0.3, -0.25) is 0 Å². The maximum Gasteiger partial charge on any atom is 0.145 e. The van der Waals surface area contributed by atoms with Crippen LogP contribution in [0.3, 0.4) is 0 Å². The summed E-state index contributed by atoms with van der Waals surface area (Å²) in [6.45, 7) is 4.47. The summed E-state index contributed by atoms with van der Waals surface area (Å²) in [7, 11) is 0. The standard InChI is InChI=1S/C17H17ClN2/c1-17(2)9-7-13(8-10-17)20-12-11-19-16(20)14-5-3-4-6-15(14)18/h3-9,11-12H,10H2,1-2H3. The molecular weight excluding hydrogens is 268 g/mol. The van der Waals surface area contributed by atoms with E-state index in [0.29, 0.717) is 0 Å². The van der Waals surface area contributed by atoms with E-state index in [9.17, 15) is 0 Å². The second kappa shape index (κ2) is 4.95. The Morgan fingerprint density at radius 2 is 2.05 bits per heavy atom. The topological polar surface area (TPSA) is 17.8 Å². The highest BCUT2D eigenvalue weighted by atomic mass is 35.5. The van der Waals surface area contributed by atoms with Crippen LogP contribution in [0.25, 0.3) is 17.1 Å². The highest BCUT2D eigenvalue weighted by Gasteiger charge is 2.18. The Morgan fingerprint density at radius 3 is 2.75 bits per heavy atom. The smallest absolute Gasteiger partial charge is 0.145 e. The molecule has 2 aromatic rings. The summed E-state index contributed by atoms with van der Waals surface area (Å²) in [5, 5.41) is 0.723. The first-order valence-corrected chi connectivity index (χ1v) is 7.13. The van der Waals surface area contributed by atoms with E-state index in [1.807, 2.05) is 36.7 Å². The zero-order chi connectivity index (χ0) is 14.2. The molecule has 0 N–H and O–H groups in total. The van der Waals surface area contributed by atoms with Crippen molar-refractivity contribution in [3.05, 3.63) is 59.9 Å². The third kappa shape index (κ3) is 2.44. The molecule has 1 aliphatic rings. The van der Waals surface area contributed by atoms with Crippen molar-refractivity contribution in [3.63, 3.8) is 0 Å². The lowest BCUT2D eigenvalue weighted by Crippen LogP contribution is -2.11. The van der Waals surface area contributed by atoms with E-state index < -0.39 is 0 Å². The Balaban J connectivity index is 2.03. The summed E-state index contributed by atoms with van der Waals surface area (Å²) >= 11 is 6.28. The Kier molecular flexibility index (Phi) is 3.27. The molecular formula is C17H17ClN2. The van der Waals surface area contributed by atoms with Crippen molar-refractivity contribution in [3.8, 4) is 11.4 Å². The fourth-order valence-corrected chi connectivity index (χ4v) is 2.57. The van der Waals surface area contributed by atoms with Gasteiger partial charge in [0.15, 0.2) is 0 Å². The van der Waals surface area contributed by atoms with Gasteiger partial charge in [-0.15, -0.1) is 0 Å². The number of imidazole rings is 1. The lowest BCUT2D eigenvalue weighted by Gasteiger charge is -2.23. The fourth-order valence-electron chi connectivity index (χ4n) is 2.35. The quantitative estimate of drug-likeness (QED) is 0.756. The monoisotopic (exact) mass is 284 g/mol. The average molecular weight is 285 g/mol. The number of aromatic nitrogens is 2. The van der Waals surface area contributed by atoms with Crippen LogP contribution >= 0.6 is 11.6 Å². The van der Waals surface area contributed by atoms with Crippen LogP contribution in [0.2, 0.25) is 5.02 Å². The summed E-state index contributed by atoms with van der Waals surface area (Å²) in [6, 6.07) is 7.80. The fraction of sp³-hybridized carbons (Fsp3) is 0.235. The minimum absolute atomic E-state index is 0.231. The first-order valence-electron chi connectivity index (χ1n) is 6.75. The number of halogens is 1. The largest absolute Gasteiger partial charge is 0.300 e. The van der Waals surface area contributed by atoms with Crippen LogP contribution in [-0.4, -0.2) is 9.55 Å². The molecule has 0 aliphatic heterocycles. The number of benzene rings is 1. The Bertz CT molecular complexity index is 693. The zero-order valence-electron chi connectivity index (χ0n) is 11.7. The molecule has 0 radical (unpaired) electrons. The van der Waals surface area contributed by atoms with E-state index in [0.717, 1.165) is 28.5 Å². The van der Waals surface area contributed by atoms with E-state index >= 15 is 0 Å². The lowest BCUT2D eigenvalue weighted by atomic mass is 9.85. The highest BCUT2D eigenvalue weighted by Crippen LogP contribution is 2.33. The molecule has 1 aromatic carbocycles. The average Bonchev–Trinajstić information content (AvgIpc) is 2.88. The third-order valence-electron chi connectivity index (χ3n) is 3.58. The summed E-state index contributed by atoms with van der Waals surface area (Å²) in [6.07, 6.45) is 11.5. The second-order valence-corrected chi connectivity index (χ2v) is 6.16. The van der Waals surface area contributed by atoms with Gasteiger partial charge in [0, 0.05) is 23.7 Å². The molecule has 0 amide bonds. The summed E-state index contributed by atoms with van der Waals surface area (Å²) in [5.74, 6) is 0.881. The maximum atomic E-state index is 6.28.